The normalized spacial score (nSPS) is 10.6. The number of carbonyl (C=O) groups excluding carboxylic acids is 1. The molecule has 4 heteroatoms. The lowest BCUT2D eigenvalue weighted by Crippen LogP contribution is -1.92. The van der Waals surface area contributed by atoms with Gasteiger partial charge in [-0.05, 0) is 30.3 Å². The van der Waals surface area contributed by atoms with Crippen LogP contribution in [-0.2, 0) is 0 Å². The van der Waals surface area contributed by atoms with Crippen LogP contribution in [0.1, 0.15) is 10.5 Å². The van der Waals surface area contributed by atoms with E-state index >= 15 is 0 Å². The SMILES string of the molecule is CNc1ccc(Cl)c2ccc(-c3cccc(C=O)n3)cc12. The minimum absolute atomic E-state index is 0.424. The first-order chi connectivity index (χ1) is 10.2. The molecule has 21 heavy (non-hydrogen) atoms. The molecule has 104 valence electrons. The minimum Gasteiger partial charge on any atom is -0.388 e. The highest BCUT2D eigenvalue weighted by Gasteiger charge is 2.07. The highest BCUT2D eigenvalue weighted by atomic mass is 35.5. The third-order valence-electron chi connectivity index (χ3n) is 3.42. The van der Waals surface area contributed by atoms with Crippen molar-refractivity contribution in [3.8, 4) is 11.3 Å². The smallest absolute Gasteiger partial charge is 0.168 e. The van der Waals surface area contributed by atoms with Crippen molar-refractivity contribution in [3.63, 3.8) is 0 Å². The van der Waals surface area contributed by atoms with E-state index in [9.17, 15) is 4.79 Å². The van der Waals surface area contributed by atoms with Gasteiger partial charge in [-0.15, -0.1) is 0 Å². The lowest BCUT2D eigenvalue weighted by molar-refractivity contribution is 0.111. The maximum atomic E-state index is 10.9. The van der Waals surface area contributed by atoms with Crippen LogP contribution >= 0.6 is 11.6 Å². The molecule has 0 aliphatic rings. The topological polar surface area (TPSA) is 42.0 Å². The van der Waals surface area contributed by atoms with Crippen LogP contribution in [0.15, 0.2) is 48.5 Å². The first-order valence-corrected chi connectivity index (χ1v) is 6.93. The molecule has 0 fully saturated rings. The molecule has 1 aromatic heterocycles. The van der Waals surface area contributed by atoms with Crippen LogP contribution < -0.4 is 5.32 Å². The van der Waals surface area contributed by atoms with Gasteiger partial charge >= 0.3 is 0 Å². The van der Waals surface area contributed by atoms with Crippen molar-refractivity contribution in [2.24, 2.45) is 0 Å². The van der Waals surface area contributed by atoms with E-state index in [1.807, 2.05) is 49.5 Å². The molecule has 0 unspecified atom stereocenters. The number of anilines is 1. The summed E-state index contributed by atoms with van der Waals surface area (Å²) in [6.45, 7) is 0. The molecule has 0 amide bonds. The van der Waals surface area contributed by atoms with Crippen LogP contribution in [0.25, 0.3) is 22.0 Å². The summed E-state index contributed by atoms with van der Waals surface area (Å²) in [5, 5.41) is 5.89. The Morgan fingerprint density at radius 1 is 1.10 bits per heavy atom. The number of aldehydes is 1. The number of carbonyl (C=O) groups is 1. The Balaban J connectivity index is 2.22. The fourth-order valence-electron chi connectivity index (χ4n) is 2.37. The average Bonchev–Trinajstić information content (AvgIpc) is 2.55. The second kappa shape index (κ2) is 5.54. The number of nitrogens with one attached hydrogen (secondary N) is 1. The fraction of sp³-hybridized carbons (Fsp3) is 0.0588. The van der Waals surface area contributed by atoms with Gasteiger partial charge in [-0.2, -0.15) is 0 Å². The number of nitrogens with zero attached hydrogens (tertiary/aromatic N) is 1. The van der Waals surface area contributed by atoms with Crippen molar-refractivity contribution in [2.75, 3.05) is 12.4 Å². The third-order valence-corrected chi connectivity index (χ3v) is 3.75. The van der Waals surface area contributed by atoms with Crippen LogP contribution in [0.4, 0.5) is 5.69 Å². The zero-order valence-electron chi connectivity index (χ0n) is 11.4. The van der Waals surface area contributed by atoms with Crippen LogP contribution in [0.3, 0.4) is 0 Å². The summed E-state index contributed by atoms with van der Waals surface area (Å²) in [6.07, 6.45) is 0.750. The molecule has 0 saturated heterocycles. The van der Waals surface area contributed by atoms with Crippen LogP contribution in [0.5, 0.6) is 0 Å². The summed E-state index contributed by atoms with van der Waals surface area (Å²) < 4.78 is 0. The van der Waals surface area contributed by atoms with Crippen molar-refractivity contribution >= 4 is 34.3 Å². The van der Waals surface area contributed by atoms with Gasteiger partial charge in [-0.3, -0.25) is 4.79 Å². The van der Waals surface area contributed by atoms with E-state index < -0.39 is 0 Å². The van der Waals surface area contributed by atoms with E-state index in [0.717, 1.165) is 34.0 Å². The number of aromatic nitrogens is 1. The molecule has 0 atom stereocenters. The molecule has 0 bridgehead atoms. The number of hydrogen-bond acceptors (Lipinski definition) is 3. The number of fused-ring (bicyclic) bond motifs is 1. The van der Waals surface area contributed by atoms with Gasteiger partial charge in [0, 0.05) is 34.1 Å². The number of benzene rings is 2. The Labute approximate surface area is 127 Å². The summed E-state index contributed by atoms with van der Waals surface area (Å²) >= 11 is 6.24. The number of hydrogen-bond donors (Lipinski definition) is 1. The number of halogens is 1. The predicted molar refractivity (Wildman–Crippen MR) is 87.1 cm³/mol. The van der Waals surface area contributed by atoms with Crippen LogP contribution in [0.2, 0.25) is 5.02 Å². The number of pyridine rings is 1. The summed E-state index contributed by atoms with van der Waals surface area (Å²) in [7, 11) is 1.88. The van der Waals surface area contributed by atoms with E-state index in [2.05, 4.69) is 10.3 Å². The molecule has 0 aliphatic heterocycles. The maximum Gasteiger partial charge on any atom is 0.168 e. The lowest BCUT2D eigenvalue weighted by Gasteiger charge is -2.10. The first-order valence-electron chi connectivity index (χ1n) is 6.55. The summed E-state index contributed by atoms with van der Waals surface area (Å²) in [6, 6.07) is 15.2. The number of rotatable bonds is 3. The molecule has 1 heterocycles. The van der Waals surface area contributed by atoms with E-state index in [0.29, 0.717) is 10.7 Å². The summed E-state index contributed by atoms with van der Waals surface area (Å²) in [4.78, 5) is 15.2. The predicted octanol–water partition coefficient (Wildman–Crippen LogP) is 4.41. The van der Waals surface area contributed by atoms with Gasteiger partial charge in [-0.25, -0.2) is 4.98 Å². The van der Waals surface area contributed by atoms with E-state index in [-0.39, 0.29) is 0 Å². The second-order valence-electron chi connectivity index (χ2n) is 4.67. The quantitative estimate of drug-likeness (QED) is 0.728. The Morgan fingerprint density at radius 2 is 1.95 bits per heavy atom. The molecular formula is C17H13ClN2O. The minimum atomic E-state index is 0.424. The molecule has 0 spiro atoms. The van der Waals surface area contributed by atoms with Gasteiger partial charge in [0.1, 0.15) is 5.69 Å². The standard InChI is InChI=1S/C17H13ClN2O/c1-19-17-8-7-15(18)13-6-5-11(9-14(13)17)16-4-2-3-12(10-21)20-16/h2-10,19H,1H3. The first kappa shape index (κ1) is 13.6. The maximum absolute atomic E-state index is 10.9. The second-order valence-corrected chi connectivity index (χ2v) is 5.08. The molecule has 3 rings (SSSR count). The summed E-state index contributed by atoms with van der Waals surface area (Å²) in [5.41, 5.74) is 3.14. The van der Waals surface area contributed by atoms with Gasteiger partial charge in [0.2, 0.25) is 0 Å². The van der Waals surface area contributed by atoms with Crippen LogP contribution in [-0.4, -0.2) is 18.3 Å². The highest BCUT2D eigenvalue weighted by Crippen LogP contribution is 2.32. The Morgan fingerprint density at radius 3 is 2.71 bits per heavy atom. The van der Waals surface area contributed by atoms with Crippen molar-refractivity contribution < 1.29 is 4.79 Å². The van der Waals surface area contributed by atoms with Crippen molar-refractivity contribution in [1.29, 1.82) is 0 Å². The van der Waals surface area contributed by atoms with Gasteiger partial charge < -0.3 is 5.32 Å². The van der Waals surface area contributed by atoms with Gasteiger partial charge in [0.05, 0.1) is 5.69 Å². The van der Waals surface area contributed by atoms with Gasteiger partial charge in [-0.1, -0.05) is 29.8 Å². The molecular weight excluding hydrogens is 284 g/mol. The van der Waals surface area contributed by atoms with Crippen molar-refractivity contribution in [3.05, 3.63) is 59.2 Å². The van der Waals surface area contributed by atoms with Crippen molar-refractivity contribution in [2.45, 2.75) is 0 Å². The zero-order chi connectivity index (χ0) is 14.8. The van der Waals surface area contributed by atoms with E-state index in [1.54, 1.807) is 6.07 Å². The zero-order valence-corrected chi connectivity index (χ0v) is 12.2. The van der Waals surface area contributed by atoms with Crippen molar-refractivity contribution in [1.82, 2.24) is 4.98 Å². The van der Waals surface area contributed by atoms with Crippen LogP contribution in [0, 0.1) is 0 Å². The fourth-order valence-corrected chi connectivity index (χ4v) is 2.59. The molecule has 0 radical (unpaired) electrons. The van der Waals surface area contributed by atoms with Gasteiger partial charge in [0.25, 0.3) is 0 Å². The van der Waals surface area contributed by atoms with Gasteiger partial charge in [0.15, 0.2) is 6.29 Å². The van der Waals surface area contributed by atoms with E-state index in [1.165, 1.54) is 0 Å². The van der Waals surface area contributed by atoms with E-state index in [4.69, 9.17) is 11.6 Å². The lowest BCUT2D eigenvalue weighted by atomic mass is 10.0. The Bertz CT molecular complexity index is 830. The molecule has 1 N–H and O–H groups in total. The Hall–Kier alpha value is -2.39. The molecule has 3 nitrogen and oxygen atoms in total. The monoisotopic (exact) mass is 296 g/mol. The molecule has 0 aliphatic carbocycles. The highest BCUT2D eigenvalue weighted by molar-refractivity contribution is 6.36. The Kier molecular flexibility index (Phi) is 3.59. The average molecular weight is 297 g/mol. The third kappa shape index (κ3) is 2.48. The summed E-state index contributed by atoms with van der Waals surface area (Å²) in [5.74, 6) is 0. The molecule has 3 aromatic rings. The largest absolute Gasteiger partial charge is 0.388 e. The molecule has 0 saturated carbocycles. The molecule has 2 aromatic carbocycles.